The summed E-state index contributed by atoms with van der Waals surface area (Å²) in [6.45, 7) is 0. The van der Waals surface area contributed by atoms with E-state index in [2.05, 4.69) is 6.07 Å². The SMILES string of the molecule is C[S+]([O-])c1[c]cccc1. The molecule has 0 saturated carbocycles. The third-order valence-corrected chi connectivity index (χ3v) is 1.86. The van der Waals surface area contributed by atoms with Crippen molar-refractivity contribution in [3.63, 3.8) is 0 Å². The zero-order chi connectivity index (χ0) is 6.69. The van der Waals surface area contributed by atoms with E-state index in [9.17, 15) is 4.55 Å². The van der Waals surface area contributed by atoms with Crippen LogP contribution in [0.15, 0.2) is 29.2 Å². The van der Waals surface area contributed by atoms with Gasteiger partial charge in [0.2, 0.25) is 0 Å². The Labute approximate surface area is 57.9 Å². The van der Waals surface area contributed by atoms with Crippen LogP contribution in [0.1, 0.15) is 0 Å². The predicted molar refractivity (Wildman–Crippen MR) is 37.6 cm³/mol. The van der Waals surface area contributed by atoms with Crippen molar-refractivity contribution in [2.45, 2.75) is 4.90 Å². The van der Waals surface area contributed by atoms with Crippen LogP contribution in [0.4, 0.5) is 0 Å². The van der Waals surface area contributed by atoms with E-state index in [1.54, 1.807) is 18.4 Å². The quantitative estimate of drug-likeness (QED) is 0.536. The summed E-state index contributed by atoms with van der Waals surface area (Å²) in [7, 11) is 0. The van der Waals surface area contributed by atoms with E-state index >= 15 is 0 Å². The fourth-order valence-corrected chi connectivity index (χ4v) is 1.06. The molecule has 0 saturated heterocycles. The van der Waals surface area contributed by atoms with Crippen molar-refractivity contribution in [2.75, 3.05) is 6.26 Å². The highest BCUT2D eigenvalue weighted by Crippen LogP contribution is 2.04. The van der Waals surface area contributed by atoms with Crippen LogP contribution in [-0.4, -0.2) is 10.8 Å². The largest absolute Gasteiger partial charge is 0.612 e. The molecule has 1 rings (SSSR count). The second kappa shape index (κ2) is 2.90. The Kier molecular flexibility index (Phi) is 2.14. The molecular formula is C7H7OS. The smallest absolute Gasteiger partial charge is 0.160 e. The van der Waals surface area contributed by atoms with Gasteiger partial charge in [-0.05, 0) is 23.3 Å². The molecule has 1 aromatic rings. The van der Waals surface area contributed by atoms with E-state index in [1.807, 2.05) is 12.1 Å². The molecule has 0 aromatic heterocycles. The van der Waals surface area contributed by atoms with Gasteiger partial charge in [-0.1, -0.05) is 12.1 Å². The minimum absolute atomic E-state index is 0.762. The van der Waals surface area contributed by atoms with Crippen LogP contribution >= 0.6 is 0 Å². The maximum Gasteiger partial charge on any atom is 0.160 e. The fraction of sp³-hybridized carbons (Fsp3) is 0.143. The van der Waals surface area contributed by atoms with Crippen molar-refractivity contribution in [1.29, 1.82) is 0 Å². The lowest BCUT2D eigenvalue weighted by molar-refractivity contribution is 0.600. The van der Waals surface area contributed by atoms with Gasteiger partial charge >= 0.3 is 0 Å². The van der Waals surface area contributed by atoms with Gasteiger partial charge in [0, 0.05) is 6.07 Å². The van der Waals surface area contributed by atoms with E-state index < -0.39 is 11.2 Å². The van der Waals surface area contributed by atoms with Crippen molar-refractivity contribution in [1.82, 2.24) is 0 Å². The Hall–Kier alpha value is -0.470. The van der Waals surface area contributed by atoms with E-state index in [0.717, 1.165) is 4.90 Å². The van der Waals surface area contributed by atoms with Crippen LogP contribution in [0.5, 0.6) is 0 Å². The Balaban J connectivity index is 2.85. The third kappa shape index (κ3) is 1.73. The lowest BCUT2D eigenvalue weighted by atomic mass is 10.4. The van der Waals surface area contributed by atoms with Gasteiger partial charge in [0.05, 0.1) is 0 Å². The zero-order valence-corrected chi connectivity index (χ0v) is 5.94. The first-order valence-corrected chi connectivity index (χ1v) is 4.16. The topological polar surface area (TPSA) is 23.1 Å². The first-order valence-electron chi connectivity index (χ1n) is 2.61. The Bertz CT molecular complexity index is 172. The lowest BCUT2D eigenvalue weighted by Crippen LogP contribution is -1.95. The fourth-order valence-electron chi connectivity index (χ4n) is 0.556. The van der Waals surface area contributed by atoms with Crippen LogP contribution in [0.25, 0.3) is 0 Å². The standard InChI is InChI=1S/C7H7OS/c1-9(8)7-5-3-2-4-6-7/h2-5H,1H3. The van der Waals surface area contributed by atoms with Gasteiger partial charge in [-0.3, -0.25) is 0 Å². The second-order valence-corrected chi connectivity index (χ2v) is 3.03. The molecule has 0 aliphatic heterocycles. The summed E-state index contributed by atoms with van der Waals surface area (Å²) in [5.41, 5.74) is 0. The maximum atomic E-state index is 10.7. The van der Waals surface area contributed by atoms with Crippen molar-refractivity contribution < 1.29 is 4.55 Å². The molecule has 0 fully saturated rings. The van der Waals surface area contributed by atoms with E-state index in [0.29, 0.717) is 0 Å². The van der Waals surface area contributed by atoms with Crippen LogP contribution in [-0.2, 0) is 11.2 Å². The Morgan fingerprint density at radius 1 is 1.56 bits per heavy atom. The van der Waals surface area contributed by atoms with Crippen molar-refractivity contribution in [3.05, 3.63) is 30.3 Å². The molecule has 1 radical (unpaired) electrons. The molecule has 2 heteroatoms. The van der Waals surface area contributed by atoms with E-state index in [-0.39, 0.29) is 0 Å². The molecule has 1 nitrogen and oxygen atoms in total. The number of hydrogen-bond acceptors (Lipinski definition) is 1. The Morgan fingerprint density at radius 2 is 2.33 bits per heavy atom. The monoisotopic (exact) mass is 139 g/mol. The highest BCUT2D eigenvalue weighted by molar-refractivity contribution is 7.90. The normalized spacial score (nSPS) is 13.1. The average molecular weight is 139 g/mol. The van der Waals surface area contributed by atoms with Crippen LogP contribution in [0.3, 0.4) is 0 Å². The zero-order valence-electron chi connectivity index (χ0n) is 5.13. The van der Waals surface area contributed by atoms with Crippen LogP contribution in [0, 0.1) is 6.07 Å². The van der Waals surface area contributed by atoms with E-state index in [4.69, 9.17) is 0 Å². The van der Waals surface area contributed by atoms with Gasteiger partial charge in [0.1, 0.15) is 6.26 Å². The van der Waals surface area contributed by atoms with Gasteiger partial charge in [-0.25, -0.2) is 0 Å². The molecule has 0 bridgehead atoms. The summed E-state index contributed by atoms with van der Waals surface area (Å²) in [5.74, 6) is 0. The molecule has 0 aliphatic carbocycles. The first-order chi connectivity index (χ1) is 4.30. The molecule has 0 heterocycles. The van der Waals surface area contributed by atoms with Crippen LogP contribution < -0.4 is 0 Å². The van der Waals surface area contributed by atoms with Gasteiger partial charge < -0.3 is 4.55 Å². The Morgan fingerprint density at radius 3 is 2.67 bits per heavy atom. The summed E-state index contributed by atoms with van der Waals surface area (Å²) in [6.07, 6.45) is 1.64. The summed E-state index contributed by atoms with van der Waals surface area (Å²) in [4.78, 5) is 0.762. The molecule has 47 valence electrons. The first kappa shape index (κ1) is 6.65. The number of hydrogen-bond donors (Lipinski definition) is 0. The molecule has 0 N–H and O–H groups in total. The van der Waals surface area contributed by atoms with E-state index in [1.165, 1.54) is 0 Å². The molecule has 1 atom stereocenters. The minimum atomic E-state index is -0.885. The minimum Gasteiger partial charge on any atom is -0.612 e. The maximum absolute atomic E-state index is 10.7. The summed E-state index contributed by atoms with van der Waals surface area (Å²) >= 11 is -0.885. The molecule has 1 aromatic carbocycles. The summed E-state index contributed by atoms with van der Waals surface area (Å²) in [6, 6.07) is 10.1. The molecule has 9 heavy (non-hydrogen) atoms. The van der Waals surface area contributed by atoms with Gasteiger partial charge in [-0.15, -0.1) is 0 Å². The van der Waals surface area contributed by atoms with Gasteiger partial charge in [0.15, 0.2) is 4.90 Å². The molecular weight excluding hydrogens is 132 g/mol. The second-order valence-electron chi connectivity index (χ2n) is 1.68. The van der Waals surface area contributed by atoms with Crippen LogP contribution in [0.2, 0.25) is 0 Å². The van der Waals surface area contributed by atoms with Gasteiger partial charge in [0.25, 0.3) is 0 Å². The number of rotatable bonds is 1. The van der Waals surface area contributed by atoms with Crippen molar-refractivity contribution >= 4 is 11.2 Å². The molecule has 1 unspecified atom stereocenters. The highest BCUT2D eigenvalue weighted by Gasteiger charge is 1.99. The summed E-state index contributed by atoms with van der Waals surface area (Å²) < 4.78 is 10.7. The highest BCUT2D eigenvalue weighted by atomic mass is 32.2. The lowest BCUT2D eigenvalue weighted by Gasteiger charge is -2.00. The van der Waals surface area contributed by atoms with Crippen molar-refractivity contribution in [3.8, 4) is 0 Å². The molecule has 0 aliphatic rings. The molecule has 0 amide bonds. The summed E-state index contributed by atoms with van der Waals surface area (Å²) in [5, 5.41) is 0. The third-order valence-electron chi connectivity index (χ3n) is 0.990. The van der Waals surface area contributed by atoms with Crippen molar-refractivity contribution in [2.24, 2.45) is 0 Å². The average Bonchev–Trinajstić information content (AvgIpc) is 1.90. The number of benzene rings is 1. The predicted octanol–water partition coefficient (Wildman–Crippen LogP) is 1.22. The van der Waals surface area contributed by atoms with Gasteiger partial charge in [-0.2, -0.15) is 0 Å². The molecule has 0 spiro atoms.